The molecule has 0 bridgehead atoms. The number of pyridine rings is 1. The van der Waals surface area contributed by atoms with Crippen LogP contribution in [0, 0.1) is 16.0 Å². The van der Waals surface area contributed by atoms with Gasteiger partial charge in [0.1, 0.15) is 0 Å². The van der Waals surface area contributed by atoms with Crippen LogP contribution in [0.1, 0.15) is 12.8 Å². The van der Waals surface area contributed by atoms with Gasteiger partial charge in [0.05, 0.1) is 10.3 Å². The molecule has 1 aliphatic heterocycles. The molecule has 0 N–H and O–H groups in total. The summed E-state index contributed by atoms with van der Waals surface area (Å²) in [5.74, 6) is 0.630. The average molecular weight is 314 g/mol. The van der Waals surface area contributed by atoms with Crippen molar-refractivity contribution in [3.8, 4) is 0 Å². The lowest BCUT2D eigenvalue weighted by atomic mass is 9.97. The van der Waals surface area contributed by atoms with Gasteiger partial charge in [-0.05, 0) is 44.5 Å². The zero-order chi connectivity index (χ0) is 16.4. The number of aromatic nitrogens is 1. The number of likely N-dealkylation sites (tertiary alicyclic amines) is 1. The zero-order valence-corrected chi connectivity index (χ0v) is 13.6. The van der Waals surface area contributed by atoms with Crippen molar-refractivity contribution in [3.63, 3.8) is 0 Å². The molecule has 1 atom stereocenters. The molecule has 2 aromatic rings. The van der Waals surface area contributed by atoms with Crippen LogP contribution >= 0.6 is 0 Å². The number of anilines is 1. The van der Waals surface area contributed by atoms with Crippen LogP contribution in [0.2, 0.25) is 0 Å². The number of nitro groups is 1. The second-order valence-electron chi connectivity index (χ2n) is 6.43. The molecule has 0 radical (unpaired) electrons. The van der Waals surface area contributed by atoms with Gasteiger partial charge in [0.25, 0.3) is 5.69 Å². The Balaban J connectivity index is 1.90. The molecule has 1 fully saturated rings. The highest BCUT2D eigenvalue weighted by Gasteiger charge is 2.21. The number of hydrogen-bond acceptors (Lipinski definition) is 5. The van der Waals surface area contributed by atoms with Crippen LogP contribution in [-0.4, -0.2) is 48.5 Å². The van der Waals surface area contributed by atoms with Crippen LogP contribution in [0.25, 0.3) is 10.8 Å². The molecule has 6 nitrogen and oxygen atoms in total. The fraction of sp³-hybridized carbons (Fsp3) is 0.471. The molecular weight excluding hydrogens is 292 g/mol. The van der Waals surface area contributed by atoms with Gasteiger partial charge in [0.15, 0.2) is 0 Å². The van der Waals surface area contributed by atoms with E-state index in [1.54, 1.807) is 18.5 Å². The fourth-order valence-corrected chi connectivity index (χ4v) is 3.56. The maximum atomic E-state index is 11.2. The van der Waals surface area contributed by atoms with Crippen molar-refractivity contribution in [3.05, 3.63) is 40.7 Å². The van der Waals surface area contributed by atoms with Gasteiger partial charge in [-0.25, -0.2) is 0 Å². The summed E-state index contributed by atoms with van der Waals surface area (Å²) < 4.78 is 0. The van der Waals surface area contributed by atoms with E-state index < -0.39 is 0 Å². The van der Waals surface area contributed by atoms with Gasteiger partial charge in [0.2, 0.25) is 0 Å². The molecule has 122 valence electrons. The zero-order valence-electron chi connectivity index (χ0n) is 13.6. The molecule has 0 saturated carbocycles. The number of nitrogens with zero attached hydrogens (tertiary/aromatic N) is 4. The number of non-ortho nitro benzene ring substituents is 1. The summed E-state index contributed by atoms with van der Waals surface area (Å²) in [4.78, 5) is 19.5. The van der Waals surface area contributed by atoms with E-state index >= 15 is 0 Å². The normalized spacial score (nSPS) is 19.0. The van der Waals surface area contributed by atoms with Gasteiger partial charge >= 0.3 is 0 Å². The van der Waals surface area contributed by atoms with Crippen molar-refractivity contribution < 1.29 is 4.92 Å². The molecule has 3 rings (SSSR count). The first-order valence-electron chi connectivity index (χ1n) is 7.97. The highest BCUT2D eigenvalue weighted by atomic mass is 16.6. The lowest BCUT2D eigenvalue weighted by molar-refractivity contribution is -0.383. The van der Waals surface area contributed by atoms with Crippen molar-refractivity contribution in [2.75, 3.05) is 38.6 Å². The third-order valence-corrected chi connectivity index (χ3v) is 4.63. The van der Waals surface area contributed by atoms with Gasteiger partial charge in [-0.15, -0.1) is 0 Å². The lowest BCUT2D eigenvalue weighted by Gasteiger charge is -2.33. The van der Waals surface area contributed by atoms with Crippen LogP contribution in [0.5, 0.6) is 0 Å². The van der Waals surface area contributed by atoms with Crippen LogP contribution in [-0.2, 0) is 0 Å². The first-order chi connectivity index (χ1) is 11.1. The number of piperidine rings is 1. The smallest absolute Gasteiger partial charge is 0.278 e. The topological polar surface area (TPSA) is 62.5 Å². The maximum Gasteiger partial charge on any atom is 0.278 e. The maximum absolute atomic E-state index is 11.2. The SMILES string of the molecule is CN1CCCC(CN(C)c2ccc([N+](=O)[O-])c3cnccc23)C1. The molecule has 0 amide bonds. The summed E-state index contributed by atoms with van der Waals surface area (Å²) in [6.07, 6.45) is 5.75. The molecule has 0 aliphatic carbocycles. The Morgan fingerprint density at radius 2 is 2.22 bits per heavy atom. The number of nitro benzene ring substituents is 1. The number of benzene rings is 1. The van der Waals surface area contributed by atoms with E-state index in [0.717, 1.165) is 24.2 Å². The average Bonchev–Trinajstić information content (AvgIpc) is 2.53. The predicted molar refractivity (Wildman–Crippen MR) is 91.9 cm³/mol. The highest BCUT2D eigenvalue weighted by Crippen LogP contribution is 2.33. The minimum absolute atomic E-state index is 0.114. The third-order valence-electron chi connectivity index (χ3n) is 4.63. The summed E-state index contributed by atoms with van der Waals surface area (Å²) in [5, 5.41) is 12.7. The van der Waals surface area contributed by atoms with Gasteiger partial charge in [0, 0.05) is 49.7 Å². The van der Waals surface area contributed by atoms with E-state index in [9.17, 15) is 10.1 Å². The van der Waals surface area contributed by atoms with E-state index in [2.05, 4.69) is 28.9 Å². The Kier molecular flexibility index (Phi) is 4.43. The van der Waals surface area contributed by atoms with Gasteiger partial charge in [-0.2, -0.15) is 0 Å². The highest BCUT2D eigenvalue weighted by molar-refractivity contribution is 5.99. The Morgan fingerprint density at radius 1 is 1.39 bits per heavy atom. The minimum Gasteiger partial charge on any atom is -0.374 e. The minimum atomic E-state index is -0.343. The third kappa shape index (κ3) is 3.27. The summed E-state index contributed by atoms with van der Waals surface area (Å²) >= 11 is 0. The molecule has 0 spiro atoms. The van der Waals surface area contributed by atoms with E-state index in [-0.39, 0.29) is 10.6 Å². The molecule has 1 unspecified atom stereocenters. The molecule has 1 aromatic carbocycles. The summed E-state index contributed by atoms with van der Waals surface area (Å²) in [6.45, 7) is 3.24. The Bertz CT molecular complexity index is 719. The van der Waals surface area contributed by atoms with Gasteiger partial charge in [-0.1, -0.05) is 0 Å². The molecule has 6 heteroatoms. The number of rotatable bonds is 4. The second-order valence-corrected chi connectivity index (χ2v) is 6.43. The molecule has 1 saturated heterocycles. The molecule has 23 heavy (non-hydrogen) atoms. The van der Waals surface area contributed by atoms with Crippen molar-refractivity contribution >= 4 is 22.1 Å². The van der Waals surface area contributed by atoms with Crippen LogP contribution < -0.4 is 4.90 Å². The van der Waals surface area contributed by atoms with E-state index in [0.29, 0.717) is 11.3 Å². The van der Waals surface area contributed by atoms with Crippen molar-refractivity contribution in [2.45, 2.75) is 12.8 Å². The first kappa shape index (κ1) is 15.7. The number of hydrogen-bond donors (Lipinski definition) is 0. The molecule has 1 aromatic heterocycles. The first-order valence-corrected chi connectivity index (χ1v) is 7.97. The Hall–Kier alpha value is -2.21. The molecular formula is C17H22N4O2. The van der Waals surface area contributed by atoms with Crippen molar-refractivity contribution in [1.29, 1.82) is 0 Å². The summed E-state index contributed by atoms with van der Waals surface area (Å²) in [6, 6.07) is 5.30. The standard InChI is InChI=1S/C17H22N4O2/c1-19-9-3-4-13(11-19)12-20(2)16-5-6-17(21(22)23)15-10-18-8-7-14(15)16/h5-8,10,13H,3-4,9,11-12H2,1-2H3. The van der Waals surface area contributed by atoms with Gasteiger partial charge < -0.3 is 9.80 Å². The Labute approximate surface area is 135 Å². The monoisotopic (exact) mass is 314 g/mol. The quantitative estimate of drug-likeness (QED) is 0.641. The summed E-state index contributed by atoms with van der Waals surface area (Å²) in [5.41, 5.74) is 1.14. The van der Waals surface area contributed by atoms with Crippen LogP contribution in [0.15, 0.2) is 30.6 Å². The Morgan fingerprint density at radius 3 is 2.96 bits per heavy atom. The van der Waals surface area contributed by atoms with Crippen molar-refractivity contribution in [2.24, 2.45) is 5.92 Å². The molecule has 2 heterocycles. The van der Waals surface area contributed by atoms with E-state index in [4.69, 9.17) is 0 Å². The van der Waals surface area contributed by atoms with E-state index in [1.165, 1.54) is 19.4 Å². The van der Waals surface area contributed by atoms with E-state index in [1.807, 2.05) is 12.1 Å². The van der Waals surface area contributed by atoms with Crippen LogP contribution in [0.3, 0.4) is 0 Å². The lowest BCUT2D eigenvalue weighted by Crippen LogP contribution is -2.38. The summed E-state index contributed by atoms with van der Waals surface area (Å²) in [7, 11) is 4.23. The molecule has 1 aliphatic rings. The predicted octanol–water partition coefficient (Wildman–Crippen LogP) is 2.92. The largest absolute Gasteiger partial charge is 0.374 e. The van der Waals surface area contributed by atoms with Crippen molar-refractivity contribution in [1.82, 2.24) is 9.88 Å². The van der Waals surface area contributed by atoms with Gasteiger partial charge in [-0.3, -0.25) is 15.1 Å². The fourth-order valence-electron chi connectivity index (χ4n) is 3.56. The second kappa shape index (κ2) is 6.50. The number of fused-ring (bicyclic) bond motifs is 1. The van der Waals surface area contributed by atoms with Crippen LogP contribution in [0.4, 0.5) is 11.4 Å².